The summed E-state index contributed by atoms with van der Waals surface area (Å²) in [5.41, 5.74) is 2.13. The van der Waals surface area contributed by atoms with Crippen LogP contribution in [0.15, 0.2) is 24.0 Å². The number of carbonyl (C=O) groups is 1. The van der Waals surface area contributed by atoms with Gasteiger partial charge in [0.05, 0.1) is 22.6 Å². The van der Waals surface area contributed by atoms with Crippen LogP contribution in [0.25, 0.3) is 0 Å². The van der Waals surface area contributed by atoms with Crippen LogP contribution in [0.5, 0.6) is 0 Å². The number of nitrogens with one attached hydrogen (secondary N) is 2. The van der Waals surface area contributed by atoms with Crippen LogP contribution in [0.3, 0.4) is 0 Å². The van der Waals surface area contributed by atoms with Gasteiger partial charge in [0.2, 0.25) is 0 Å². The Morgan fingerprint density at radius 2 is 2.33 bits per heavy atom. The van der Waals surface area contributed by atoms with E-state index in [4.69, 9.17) is 11.6 Å². The highest BCUT2D eigenvalue weighted by Crippen LogP contribution is 2.18. The topological polar surface area (TPSA) is 66.9 Å². The number of pyridine rings is 1. The van der Waals surface area contributed by atoms with E-state index in [0.717, 1.165) is 4.88 Å². The van der Waals surface area contributed by atoms with Crippen molar-refractivity contribution < 1.29 is 4.79 Å². The Morgan fingerprint density at radius 1 is 1.50 bits per heavy atom. The van der Waals surface area contributed by atoms with Crippen LogP contribution in [0, 0.1) is 0 Å². The minimum Gasteiger partial charge on any atom is -0.373 e. The van der Waals surface area contributed by atoms with Crippen molar-refractivity contribution in [3.63, 3.8) is 0 Å². The van der Waals surface area contributed by atoms with Crippen molar-refractivity contribution in [2.24, 2.45) is 0 Å². The molecule has 0 aliphatic carbocycles. The summed E-state index contributed by atoms with van der Waals surface area (Å²) in [5, 5.41) is 5.98. The highest BCUT2D eigenvalue weighted by atomic mass is 35.5. The lowest BCUT2D eigenvalue weighted by Crippen LogP contribution is -2.23. The third-order valence-electron chi connectivity index (χ3n) is 2.26. The van der Waals surface area contributed by atoms with Gasteiger partial charge in [-0.1, -0.05) is 11.6 Å². The molecule has 0 unspecified atom stereocenters. The maximum atomic E-state index is 12.0. The molecule has 0 aliphatic rings. The molecule has 5 nitrogen and oxygen atoms in total. The second-order valence-corrected chi connectivity index (χ2v) is 4.83. The summed E-state index contributed by atoms with van der Waals surface area (Å²) in [6.07, 6.45) is 3.17. The second-order valence-electron chi connectivity index (χ2n) is 3.45. The molecule has 0 radical (unpaired) electrons. The van der Waals surface area contributed by atoms with Crippen molar-refractivity contribution in [3.05, 3.63) is 39.4 Å². The summed E-state index contributed by atoms with van der Waals surface area (Å²) < 4.78 is 0. The molecule has 0 aromatic carbocycles. The molecular formula is C11H11ClN4OS. The van der Waals surface area contributed by atoms with Gasteiger partial charge in [-0.15, -0.1) is 11.3 Å². The van der Waals surface area contributed by atoms with Gasteiger partial charge in [-0.3, -0.25) is 9.78 Å². The van der Waals surface area contributed by atoms with Crippen molar-refractivity contribution in [2.45, 2.75) is 6.54 Å². The lowest BCUT2D eigenvalue weighted by Gasteiger charge is -2.07. The third kappa shape index (κ3) is 2.96. The van der Waals surface area contributed by atoms with Gasteiger partial charge >= 0.3 is 0 Å². The van der Waals surface area contributed by atoms with Crippen molar-refractivity contribution in [3.8, 4) is 0 Å². The number of amides is 1. The fourth-order valence-electron chi connectivity index (χ4n) is 1.34. The number of aromatic nitrogens is 2. The molecule has 18 heavy (non-hydrogen) atoms. The molecule has 0 spiro atoms. The molecule has 2 heterocycles. The van der Waals surface area contributed by atoms with E-state index in [-0.39, 0.29) is 5.91 Å². The molecular weight excluding hydrogens is 272 g/mol. The second kappa shape index (κ2) is 5.79. The Labute approximate surface area is 113 Å². The van der Waals surface area contributed by atoms with Gasteiger partial charge in [-0.2, -0.15) is 0 Å². The number of rotatable bonds is 4. The summed E-state index contributed by atoms with van der Waals surface area (Å²) in [7, 11) is 1.73. The van der Waals surface area contributed by atoms with Crippen molar-refractivity contribution in [1.82, 2.24) is 15.3 Å². The largest absolute Gasteiger partial charge is 0.373 e. The first-order valence-corrected chi connectivity index (χ1v) is 6.45. The Hall–Kier alpha value is -1.66. The highest BCUT2D eigenvalue weighted by Gasteiger charge is 2.11. The number of nitrogens with zero attached hydrogens (tertiary/aromatic N) is 2. The average molecular weight is 283 g/mol. The minimum absolute atomic E-state index is 0.229. The third-order valence-corrected chi connectivity index (χ3v) is 3.34. The molecule has 2 N–H and O–H groups in total. The zero-order valence-corrected chi connectivity index (χ0v) is 11.2. The molecule has 2 rings (SSSR count). The van der Waals surface area contributed by atoms with Gasteiger partial charge in [0.15, 0.2) is 0 Å². The number of carbonyl (C=O) groups excluding carboxylic acids is 1. The van der Waals surface area contributed by atoms with E-state index < -0.39 is 0 Å². The normalized spacial score (nSPS) is 10.1. The molecule has 7 heteroatoms. The average Bonchev–Trinajstić information content (AvgIpc) is 2.89. The zero-order chi connectivity index (χ0) is 13.0. The zero-order valence-electron chi connectivity index (χ0n) is 9.61. The van der Waals surface area contributed by atoms with Crippen LogP contribution in [0.4, 0.5) is 5.82 Å². The van der Waals surface area contributed by atoms with Gasteiger partial charge in [0, 0.05) is 24.3 Å². The quantitative estimate of drug-likeness (QED) is 0.902. The van der Waals surface area contributed by atoms with Crippen LogP contribution in [-0.2, 0) is 6.54 Å². The lowest BCUT2D eigenvalue weighted by atomic mass is 10.2. The van der Waals surface area contributed by atoms with Crippen LogP contribution < -0.4 is 10.6 Å². The number of hydrogen-bond acceptors (Lipinski definition) is 5. The molecule has 1 amide bonds. The highest BCUT2D eigenvalue weighted by molar-refractivity contribution is 7.09. The Kier molecular flexibility index (Phi) is 4.11. The van der Waals surface area contributed by atoms with E-state index in [1.807, 2.05) is 0 Å². The van der Waals surface area contributed by atoms with Gasteiger partial charge in [-0.25, -0.2) is 4.98 Å². The Bertz CT molecular complexity index is 544. The van der Waals surface area contributed by atoms with Crippen molar-refractivity contribution >= 4 is 34.7 Å². The molecule has 94 valence electrons. The predicted octanol–water partition coefficient (Wildman–Crippen LogP) is 2.16. The van der Waals surface area contributed by atoms with E-state index in [2.05, 4.69) is 20.6 Å². The van der Waals surface area contributed by atoms with E-state index >= 15 is 0 Å². The molecule has 0 saturated carbocycles. The predicted molar refractivity (Wildman–Crippen MR) is 72.1 cm³/mol. The summed E-state index contributed by atoms with van der Waals surface area (Å²) in [6, 6.07) is 1.62. The fourth-order valence-corrected chi connectivity index (χ4v) is 2.06. The summed E-state index contributed by atoms with van der Waals surface area (Å²) >= 11 is 7.44. The van der Waals surface area contributed by atoms with Crippen molar-refractivity contribution in [2.75, 3.05) is 12.4 Å². The monoisotopic (exact) mass is 282 g/mol. The van der Waals surface area contributed by atoms with Gasteiger partial charge in [-0.05, 0) is 6.07 Å². The molecule has 0 aliphatic heterocycles. The van der Waals surface area contributed by atoms with Gasteiger partial charge in [0.25, 0.3) is 5.91 Å². The number of hydrogen-bond donors (Lipinski definition) is 2. The first-order valence-electron chi connectivity index (χ1n) is 5.19. The summed E-state index contributed by atoms with van der Waals surface area (Å²) in [5.74, 6) is 0.370. The lowest BCUT2D eigenvalue weighted by molar-refractivity contribution is 0.0951. The first-order chi connectivity index (χ1) is 8.70. The fraction of sp³-hybridized carbons (Fsp3) is 0.182. The molecule has 2 aromatic rings. The minimum atomic E-state index is -0.229. The Morgan fingerprint density at radius 3 is 3.00 bits per heavy atom. The van der Waals surface area contributed by atoms with E-state index in [1.54, 1.807) is 24.8 Å². The maximum Gasteiger partial charge on any atom is 0.253 e. The summed E-state index contributed by atoms with van der Waals surface area (Å²) in [4.78, 5) is 20.9. The van der Waals surface area contributed by atoms with Crippen LogP contribution in [-0.4, -0.2) is 22.9 Å². The van der Waals surface area contributed by atoms with Crippen molar-refractivity contribution in [1.29, 1.82) is 0 Å². The smallest absolute Gasteiger partial charge is 0.253 e. The van der Waals surface area contributed by atoms with E-state index in [9.17, 15) is 4.79 Å². The van der Waals surface area contributed by atoms with Gasteiger partial charge < -0.3 is 10.6 Å². The summed E-state index contributed by atoms with van der Waals surface area (Å²) in [6.45, 7) is 0.442. The van der Waals surface area contributed by atoms with Crippen LogP contribution in [0.2, 0.25) is 5.02 Å². The van der Waals surface area contributed by atoms with Crippen LogP contribution in [0.1, 0.15) is 15.2 Å². The van der Waals surface area contributed by atoms with E-state index in [0.29, 0.717) is 22.9 Å². The molecule has 0 atom stereocenters. The Balaban J connectivity index is 2.08. The van der Waals surface area contributed by atoms with Crippen LogP contribution >= 0.6 is 22.9 Å². The number of halogens is 1. The molecule has 2 aromatic heterocycles. The molecule has 0 saturated heterocycles. The molecule has 0 fully saturated rings. The first kappa shape index (κ1) is 12.8. The number of thiazole rings is 1. The van der Waals surface area contributed by atoms with E-state index in [1.165, 1.54) is 17.5 Å². The maximum absolute atomic E-state index is 12.0. The number of anilines is 1. The van der Waals surface area contributed by atoms with Gasteiger partial charge in [0.1, 0.15) is 5.82 Å². The molecule has 0 bridgehead atoms. The SMILES string of the molecule is CNc1cc(C(=O)NCc2cncs2)c(Cl)cn1. The standard InChI is InChI=1S/C11H11ClN4OS/c1-13-10-2-8(9(12)5-15-10)11(17)16-4-7-3-14-6-18-7/h2-3,5-6H,4H2,1H3,(H,13,15)(H,16,17).